The molecule has 1 amide bonds. The van der Waals surface area contributed by atoms with E-state index in [1.165, 1.54) is 0 Å². The Labute approximate surface area is 250 Å². The molecule has 3 aromatic rings. The van der Waals surface area contributed by atoms with E-state index >= 15 is 0 Å². The van der Waals surface area contributed by atoms with Gasteiger partial charge >= 0.3 is 6.18 Å². The zero-order valence-electron chi connectivity index (χ0n) is 25.1. The van der Waals surface area contributed by atoms with Gasteiger partial charge in [-0.25, -0.2) is 5.01 Å². The molecule has 232 valence electrons. The van der Waals surface area contributed by atoms with Crippen molar-refractivity contribution >= 4 is 11.6 Å². The zero-order valence-corrected chi connectivity index (χ0v) is 25.1. The van der Waals surface area contributed by atoms with Crippen LogP contribution >= 0.6 is 0 Å². The smallest absolute Gasteiger partial charge is 0.381 e. The van der Waals surface area contributed by atoms with Gasteiger partial charge in [0.2, 0.25) is 0 Å². The van der Waals surface area contributed by atoms with Crippen molar-refractivity contribution < 1.29 is 22.7 Å². The average molecular weight is 600 g/mol. The largest absolute Gasteiger partial charge is 0.402 e. The molecule has 0 aliphatic carbocycles. The number of nitrogens with one attached hydrogen (secondary N) is 2. The highest BCUT2D eigenvalue weighted by Crippen LogP contribution is 2.34. The van der Waals surface area contributed by atoms with Gasteiger partial charge in [-0.05, 0) is 86.6 Å². The van der Waals surface area contributed by atoms with Crippen LogP contribution in [0.5, 0.6) is 0 Å². The number of ether oxygens (including phenoxy) is 1. The minimum atomic E-state index is -4.38. The van der Waals surface area contributed by atoms with Gasteiger partial charge in [-0.2, -0.15) is 13.2 Å². The summed E-state index contributed by atoms with van der Waals surface area (Å²) in [5.41, 5.74) is 6.32. The third kappa shape index (κ3) is 8.25. The number of carbonyl (C=O) groups is 1. The number of hydrogen-bond donors (Lipinski definition) is 3. The Balaban J connectivity index is 1.68. The fraction of sp³-hybridized carbons (Fsp3) is 0.438. The molecule has 1 aromatic heterocycles. The predicted molar refractivity (Wildman–Crippen MR) is 162 cm³/mol. The normalized spacial score (nSPS) is 14.3. The van der Waals surface area contributed by atoms with Gasteiger partial charge in [-0.1, -0.05) is 24.3 Å². The van der Waals surface area contributed by atoms with Crippen molar-refractivity contribution in [3.05, 3.63) is 86.3 Å². The number of pyridine rings is 1. The van der Waals surface area contributed by atoms with Gasteiger partial charge in [0.25, 0.3) is 11.5 Å². The highest BCUT2D eigenvalue weighted by atomic mass is 19.4. The fourth-order valence-electron chi connectivity index (χ4n) is 5.71. The van der Waals surface area contributed by atoms with Crippen molar-refractivity contribution in [2.45, 2.75) is 65.8 Å². The second-order valence-electron chi connectivity index (χ2n) is 11.1. The van der Waals surface area contributed by atoms with Gasteiger partial charge < -0.3 is 19.9 Å². The predicted octanol–water partition coefficient (Wildman–Crippen LogP) is 5.14. The van der Waals surface area contributed by atoms with Crippen LogP contribution in [0.15, 0.2) is 47.3 Å². The van der Waals surface area contributed by atoms with Gasteiger partial charge in [0.15, 0.2) is 0 Å². The third-order valence-corrected chi connectivity index (χ3v) is 7.88. The Morgan fingerprint density at radius 2 is 1.74 bits per heavy atom. The van der Waals surface area contributed by atoms with E-state index in [0.29, 0.717) is 29.9 Å². The summed E-state index contributed by atoms with van der Waals surface area (Å²) < 4.78 is 43.8. The van der Waals surface area contributed by atoms with E-state index in [4.69, 9.17) is 10.6 Å². The average Bonchev–Trinajstić information content (AvgIpc) is 2.93. The molecular weight excluding hydrogens is 559 g/mol. The lowest BCUT2D eigenvalue weighted by Crippen LogP contribution is -2.40. The molecule has 2 heterocycles. The van der Waals surface area contributed by atoms with Crippen LogP contribution in [0, 0.1) is 20.8 Å². The van der Waals surface area contributed by atoms with Gasteiger partial charge in [0, 0.05) is 61.4 Å². The van der Waals surface area contributed by atoms with Crippen molar-refractivity contribution in [2.24, 2.45) is 5.84 Å². The van der Waals surface area contributed by atoms with Gasteiger partial charge in [0.1, 0.15) is 6.54 Å². The number of anilines is 1. The van der Waals surface area contributed by atoms with Crippen LogP contribution in [0.1, 0.15) is 58.1 Å². The molecule has 1 aliphatic heterocycles. The van der Waals surface area contributed by atoms with E-state index in [0.717, 1.165) is 58.0 Å². The lowest BCUT2D eigenvalue weighted by atomic mass is 9.94. The first-order chi connectivity index (χ1) is 20.4. The van der Waals surface area contributed by atoms with E-state index in [1.807, 2.05) is 45.0 Å². The number of carbonyl (C=O) groups excluding carboxylic acids is 1. The molecule has 0 saturated carbocycles. The molecule has 2 aromatic carbocycles. The maximum atomic E-state index is 13.7. The zero-order chi connectivity index (χ0) is 31.3. The quantitative estimate of drug-likeness (QED) is 0.220. The second-order valence-corrected chi connectivity index (χ2v) is 11.1. The number of aromatic nitrogens is 1. The van der Waals surface area contributed by atoms with E-state index in [1.54, 1.807) is 12.1 Å². The number of halogens is 3. The number of H-pyrrole nitrogens is 1. The molecule has 4 N–H and O–H groups in total. The van der Waals surface area contributed by atoms with Crippen LogP contribution < -0.4 is 21.6 Å². The number of aryl methyl sites for hydroxylation is 2. The first kappa shape index (κ1) is 32.2. The molecule has 0 spiro atoms. The molecule has 1 fully saturated rings. The molecule has 1 aliphatic rings. The van der Waals surface area contributed by atoms with E-state index < -0.39 is 12.7 Å². The van der Waals surface area contributed by atoms with Crippen LogP contribution in [0.25, 0.3) is 11.1 Å². The number of nitrogens with two attached hydrogens (primary N) is 1. The van der Waals surface area contributed by atoms with E-state index in [2.05, 4.69) is 28.2 Å². The summed E-state index contributed by atoms with van der Waals surface area (Å²) in [5.74, 6) is 5.28. The SMILES string of the molecule is CCN(c1cc(-c2ccc(CN(N)CC(F)(F)F)cc2)cc(C(=O)NCc2c(C)cc(C)[nH]c2=O)c1C)C1CCOCC1. The highest BCUT2D eigenvalue weighted by Gasteiger charge is 2.29. The Morgan fingerprint density at radius 1 is 1.07 bits per heavy atom. The molecule has 8 nitrogen and oxygen atoms in total. The summed E-state index contributed by atoms with van der Waals surface area (Å²) in [6.07, 6.45) is -2.64. The molecule has 1 saturated heterocycles. The number of benzene rings is 2. The van der Waals surface area contributed by atoms with Crippen LogP contribution in [-0.2, 0) is 17.8 Å². The monoisotopic (exact) mass is 599 g/mol. The highest BCUT2D eigenvalue weighted by molar-refractivity contribution is 5.99. The Kier molecular flexibility index (Phi) is 10.3. The number of amides is 1. The first-order valence-electron chi connectivity index (χ1n) is 14.5. The standard InChI is InChI=1S/C32H40F3N5O3/c1-5-40(26-10-12-43-13-11-26)29-16-25(24-8-6-23(7-9-24)18-39(36)19-32(33,34)35)15-27(22(29)4)30(41)37-17-28-20(2)14-21(3)38-31(28)42/h6-9,14-16,26H,5,10-13,17-19,36H2,1-4H3,(H,37,41)(H,38,42). The molecular formula is C32H40F3N5O3. The summed E-state index contributed by atoms with van der Waals surface area (Å²) in [6.45, 7) is 8.57. The molecule has 0 radical (unpaired) electrons. The Morgan fingerprint density at radius 3 is 2.35 bits per heavy atom. The Hall–Kier alpha value is -3.67. The summed E-state index contributed by atoms with van der Waals surface area (Å²) in [5, 5.41) is 3.67. The van der Waals surface area contributed by atoms with Crippen LogP contribution in [0.4, 0.5) is 18.9 Å². The topological polar surface area (TPSA) is 104 Å². The summed E-state index contributed by atoms with van der Waals surface area (Å²) in [6, 6.07) is 13.2. The first-order valence-corrected chi connectivity index (χ1v) is 14.5. The minimum Gasteiger partial charge on any atom is -0.381 e. The van der Waals surface area contributed by atoms with E-state index in [-0.39, 0.29) is 30.6 Å². The molecule has 11 heteroatoms. The molecule has 0 atom stereocenters. The molecule has 43 heavy (non-hydrogen) atoms. The van der Waals surface area contributed by atoms with Crippen molar-refractivity contribution in [1.29, 1.82) is 0 Å². The summed E-state index contributed by atoms with van der Waals surface area (Å²) in [4.78, 5) is 31.3. The Bertz CT molecular complexity index is 1480. The van der Waals surface area contributed by atoms with Crippen molar-refractivity contribution in [3.8, 4) is 11.1 Å². The number of rotatable bonds is 10. The maximum absolute atomic E-state index is 13.7. The fourth-order valence-corrected chi connectivity index (χ4v) is 5.71. The van der Waals surface area contributed by atoms with Gasteiger partial charge in [-0.15, -0.1) is 0 Å². The van der Waals surface area contributed by atoms with Crippen LogP contribution in [0.2, 0.25) is 0 Å². The molecule has 4 rings (SSSR count). The number of aromatic amines is 1. The molecule has 0 unspecified atom stereocenters. The third-order valence-electron chi connectivity index (χ3n) is 7.88. The van der Waals surface area contributed by atoms with Crippen molar-refractivity contribution in [2.75, 3.05) is 31.2 Å². The molecule has 0 bridgehead atoms. The summed E-state index contributed by atoms with van der Waals surface area (Å²) in [7, 11) is 0. The van der Waals surface area contributed by atoms with E-state index in [9.17, 15) is 22.8 Å². The lowest BCUT2D eigenvalue weighted by molar-refractivity contribution is -0.147. The van der Waals surface area contributed by atoms with Crippen molar-refractivity contribution in [3.63, 3.8) is 0 Å². The van der Waals surface area contributed by atoms with Gasteiger partial charge in [0.05, 0.1) is 0 Å². The number of nitrogens with zero attached hydrogens (tertiary/aromatic N) is 2. The number of hydrogen-bond acceptors (Lipinski definition) is 6. The van der Waals surface area contributed by atoms with Crippen LogP contribution in [-0.4, -0.2) is 54.4 Å². The summed E-state index contributed by atoms with van der Waals surface area (Å²) >= 11 is 0. The van der Waals surface area contributed by atoms with Crippen molar-refractivity contribution in [1.82, 2.24) is 15.3 Å². The number of hydrazine groups is 1. The maximum Gasteiger partial charge on any atom is 0.402 e. The van der Waals surface area contributed by atoms with Crippen LogP contribution in [0.3, 0.4) is 0 Å². The second kappa shape index (κ2) is 13.7. The van der Waals surface area contributed by atoms with Gasteiger partial charge in [-0.3, -0.25) is 15.4 Å². The number of alkyl halides is 3. The minimum absolute atomic E-state index is 0.0580. The lowest BCUT2D eigenvalue weighted by Gasteiger charge is -2.37.